The molecular weight excluding hydrogens is 398 g/mol. The summed E-state index contributed by atoms with van der Waals surface area (Å²) in [4.78, 5) is 8.40. The minimum Gasteiger partial charge on any atom is -0.406 e. The van der Waals surface area contributed by atoms with E-state index in [1.165, 1.54) is 24.3 Å². The molecule has 2 heterocycles. The number of aromatic nitrogens is 3. The lowest BCUT2D eigenvalue weighted by molar-refractivity contribution is -0.274. The predicted octanol–water partition coefficient (Wildman–Crippen LogP) is 3.90. The van der Waals surface area contributed by atoms with Crippen LogP contribution >= 0.6 is 22.6 Å². The fourth-order valence-corrected chi connectivity index (χ4v) is 2.36. The summed E-state index contributed by atoms with van der Waals surface area (Å²) in [6.45, 7) is 0. The average molecular weight is 405 g/mol. The van der Waals surface area contributed by atoms with Crippen LogP contribution in [0.1, 0.15) is 0 Å². The molecule has 0 N–H and O–H groups in total. The lowest BCUT2D eigenvalue weighted by atomic mass is 10.1. The molecule has 1 aromatic carbocycles. The van der Waals surface area contributed by atoms with Crippen molar-refractivity contribution in [2.24, 2.45) is 0 Å². The van der Waals surface area contributed by atoms with Gasteiger partial charge in [0.25, 0.3) is 0 Å². The van der Waals surface area contributed by atoms with Gasteiger partial charge in [-0.25, -0.2) is 4.98 Å². The molecule has 4 nitrogen and oxygen atoms in total. The van der Waals surface area contributed by atoms with Crippen molar-refractivity contribution in [3.05, 3.63) is 46.6 Å². The number of alkyl halides is 3. The van der Waals surface area contributed by atoms with E-state index < -0.39 is 6.36 Å². The summed E-state index contributed by atoms with van der Waals surface area (Å²) in [5.74, 6) is -0.260. The molecule has 0 spiro atoms. The Balaban J connectivity index is 1.93. The van der Waals surface area contributed by atoms with Crippen molar-refractivity contribution in [1.29, 1.82) is 0 Å². The van der Waals surface area contributed by atoms with Gasteiger partial charge in [-0.2, -0.15) is 0 Å². The van der Waals surface area contributed by atoms with Gasteiger partial charge in [0.1, 0.15) is 9.45 Å². The second-order valence-corrected chi connectivity index (χ2v) is 5.26. The number of rotatable bonds is 2. The standard InChI is InChI=1S/C13H7F3IN3O/c14-13(15,16)21-9-3-1-8(2-4-9)10-7-20-11(17)5-19-12(20)6-18-10/h1-7H. The molecule has 21 heavy (non-hydrogen) atoms. The van der Waals surface area contributed by atoms with Gasteiger partial charge in [-0.3, -0.25) is 9.38 Å². The molecule has 0 aliphatic carbocycles. The second kappa shape index (κ2) is 5.17. The average Bonchev–Trinajstić information content (AvgIpc) is 2.79. The number of nitrogens with zero attached hydrogens (tertiary/aromatic N) is 3. The highest BCUT2D eigenvalue weighted by Crippen LogP contribution is 2.26. The molecule has 0 unspecified atom stereocenters. The molecule has 0 saturated heterocycles. The van der Waals surface area contributed by atoms with Crippen molar-refractivity contribution in [2.45, 2.75) is 6.36 Å². The Bertz CT molecular complexity index is 783. The Labute approximate surface area is 130 Å². The highest BCUT2D eigenvalue weighted by Gasteiger charge is 2.30. The minimum absolute atomic E-state index is 0.260. The molecule has 3 aromatic rings. The van der Waals surface area contributed by atoms with Crippen molar-refractivity contribution in [2.75, 3.05) is 0 Å². The SMILES string of the molecule is FC(F)(F)Oc1ccc(-c2cn3c(I)cnc3cn2)cc1. The topological polar surface area (TPSA) is 39.4 Å². The van der Waals surface area contributed by atoms with E-state index in [1.807, 2.05) is 4.40 Å². The number of benzene rings is 1. The Morgan fingerprint density at radius 3 is 2.43 bits per heavy atom. The molecule has 0 fully saturated rings. The number of ether oxygens (including phenoxy) is 1. The lowest BCUT2D eigenvalue weighted by Gasteiger charge is -2.09. The molecule has 0 radical (unpaired) electrons. The zero-order valence-corrected chi connectivity index (χ0v) is 12.5. The molecule has 0 aliphatic rings. The zero-order valence-electron chi connectivity index (χ0n) is 10.3. The second-order valence-electron chi connectivity index (χ2n) is 4.15. The van der Waals surface area contributed by atoms with Crippen LogP contribution in [-0.2, 0) is 0 Å². The van der Waals surface area contributed by atoms with Crippen LogP contribution in [-0.4, -0.2) is 20.7 Å². The van der Waals surface area contributed by atoms with Gasteiger partial charge in [0.2, 0.25) is 0 Å². The number of halogens is 4. The van der Waals surface area contributed by atoms with E-state index in [9.17, 15) is 13.2 Å². The van der Waals surface area contributed by atoms with Crippen LogP contribution in [0, 0.1) is 3.70 Å². The number of fused-ring (bicyclic) bond motifs is 1. The van der Waals surface area contributed by atoms with Crippen LogP contribution in [0.3, 0.4) is 0 Å². The van der Waals surface area contributed by atoms with E-state index in [1.54, 1.807) is 18.6 Å². The molecular formula is C13H7F3IN3O. The van der Waals surface area contributed by atoms with E-state index in [0.717, 1.165) is 3.70 Å². The van der Waals surface area contributed by atoms with Crippen molar-refractivity contribution in [3.8, 4) is 17.0 Å². The molecule has 108 valence electrons. The van der Waals surface area contributed by atoms with Crippen LogP contribution in [0.5, 0.6) is 5.75 Å². The van der Waals surface area contributed by atoms with Crippen LogP contribution in [0.15, 0.2) is 42.9 Å². The van der Waals surface area contributed by atoms with E-state index in [0.29, 0.717) is 16.9 Å². The van der Waals surface area contributed by atoms with Crippen LogP contribution in [0.2, 0.25) is 0 Å². The molecule has 2 aromatic heterocycles. The molecule has 0 atom stereocenters. The third-order valence-electron chi connectivity index (χ3n) is 2.73. The zero-order chi connectivity index (χ0) is 15.0. The quantitative estimate of drug-likeness (QED) is 0.608. The fourth-order valence-electron chi connectivity index (χ4n) is 1.84. The number of hydrogen-bond acceptors (Lipinski definition) is 3. The summed E-state index contributed by atoms with van der Waals surface area (Å²) in [7, 11) is 0. The van der Waals surface area contributed by atoms with E-state index in [-0.39, 0.29) is 5.75 Å². The third kappa shape index (κ3) is 3.09. The maximum Gasteiger partial charge on any atom is 0.573 e. The van der Waals surface area contributed by atoms with Gasteiger partial charge >= 0.3 is 6.36 Å². The third-order valence-corrected chi connectivity index (χ3v) is 3.53. The summed E-state index contributed by atoms with van der Waals surface area (Å²) in [6, 6.07) is 5.57. The van der Waals surface area contributed by atoms with Gasteiger partial charge in [0, 0.05) is 11.8 Å². The van der Waals surface area contributed by atoms with Crippen molar-refractivity contribution in [1.82, 2.24) is 14.4 Å². The Morgan fingerprint density at radius 2 is 1.76 bits per heavy atom. The summed E-state index contributed by atoms with van der Waals surface area (Å²) in [5.41, 5.74) is 2.04. The maximum absolute atomic E-state index is 12.1. The molecule has 0 amide bonds. The number of imidazole rings is 1. The van der Waals surface area contributed by atoms with Crippen LogP contribution < -0.4 is 4.74 Å². The highest BCUT2D eigenvalue weighted by molar-refractivity contribution is 14.1. The predicted molar refractivity (Wildman–Crippen MR) is 77.8 cm³/mol. The molecule has 8 heteroatoms. The summed E-state index contributed by atoms with van der Waals surface area (Å²) in [6.07, 6.45) is 0.411. The van der Waals surface area contributed by atoms with Crippen LogP contribution in [0.4, 0.5) is 13.2 Å². The van der Waals surface area contributed by atoms with E-state index in [4.69, 9.17) is 0 Å². The lowest BCUT2D eigenvalue weighted by Crippen LogP contribution is -2.16. The Kier molecular flexibility index (Phi) is 3.47. The van der Waals surface area contributed by atoms with Crippen molar-refractivity contribution < 1.29 is 17.9 Å². The monoisotopic (exact) mass is 405 g/mol. The molecule has 0 bridgehead atoms. The van der Waals surface area contributed by atoms with E-state index in [2.05, 4.69) is 37.3 Å². The van der Waals surface area contributed by atoms with Gasteiger partial charge in [-0.15, -0.1) is 13.2 Å². The molecule has 0 aliphatic heterocycles. The first kappa shape index (κ1) is 14.1. The van der Waals surface area contributed by atoms with Crippen molar-refractivity contribution in [3.63, 3.8) is 0 Å². The molecule has 3 rings (SSSR count). The Hall–Kier alpha value is -1.84. The number of hydrogen-bond donors (Lipinski definition) is 0. The largest absolute Gasteiger partial charge is 0.573 e. The van der Waals surface area contributed by atoms with Gasteiger partial charge in [0.05, 0.1) is 18.1 Å². The first-order chi connectivity index (χ1) is 9.92. The smallest absolute Gasteiger partial charge is 0.406 e. The normalized spacial score (nSPS) is 11.8. The highest BCUT2D eigenvalue weighted by atomic mass is 127. The summed E-state index contributed by atoms with van der Waals surface area (Å²) < 4.78 is 42.9. The first-order valence-corrected chi connectivity index (χ1v) is 6.85. The van der Waals surface area contributed by atoms with Crippen molar-refractivity contribution >= 4 is 28.2 Å². The minimum atomic E-state index is -4.69. The van der Waals surface area contributed by atoms with E-state index >= 15 is 0 Å². The summed E-state index contributed by atoms with van der Waals surface area (Å²) in [5, 5.41) is 0. The first-order valence-electron chi connectivity index (χ1n) is 5.77. The fraction of sp³-hybridized carbons (Fsp3) is 0.0769. The Morgan fingerprint density at radius 1 is 1.05 bits per heavy atom. The van der Waals surface area contributed by atoms with Gasteiger partial charge < -0.3 is 4.74 Å². The van der Waals surface area contributed by atoms with Gasteiger partial charge in [-0.1, -0.05) is 0 Å². The van der Waals surface area contributed by atoms with Gasteiger partial charge in [0.15, 0.2) is 5.65 Å². The van der Waals surface area contributed by atoms with Crippen LogP contribution in [0.25, 0.3) is 16.9 Å². The maximum atomic E-state index is 12.1. The molecule has 0 saturated carbocycles. The van der Waals surface area contributed by atoms with Gasteiger partial charge in [-0.05, 0) is 46.9 Å². The summed E-state index contributed by atoms with van der Waals surface area (Å²) >= 11 is 2.14.